The van der Waals surface area contributed by atoms with Crippen LogP contribution in [0.25, 0.3) is 0 Å². The smallest absolute Gasteiger partial charge is 0.296 e. The molecule has 4 aromatic carbocycles. The third kappa shape index (κ3) is 5.73. The van der Waals surface area contributed by atoms with Gasteiger partial charge in [-0.2, -0.15) is 25.3 Å². The van der Waals surface area contributed by atoms with E-state index in [9.17, 15) is 48.5 Å². The summed E-state index contributed by atoms with van der Waals surface area (Å²) >= 11 is 0. The van der Waals surface area contributed by atoms with Gasteiger partial charge in [0.25, 0.3) is 30.4 Å². The molecule has 1 aliphatic rings. The van der Waals surface area contributed by atoms with Crippen LogP contribution in [0.4, 0.5) is 22.7 Å². The molecule has 5 rings (SSSR count). The normalized spacial score (nSPS) is 13.3. The molecule has 0 aromatic heterocycles. The van der Waals surface area contributed by atoms with Crippen LogP contribution >= 0.6 is 0 Å². The van der Waals surface area contributed by atoms with Gasteiger partial charge in [0.2, 0.25) is 0 Å². The third-order valence-corrected chi connectivity index (χ3v) is 9.44. The van der Waals surface area contributed by atoms with Crippen LogP contribution in [0, 0.1) is 13.8 Å². The zero-order chi connectivity index (χ0) is 32.4. The molecule has 1 aliphatic carbocycles. The average molecular weight is 659 g/mol. The van der Waals surface area contributed by atoms with E-state index in [1.165, 1.54) is 48.5 Å². The Morgan fingerprint density at radius 1 is 0.500 bits per heavy atom. The number of ketones is 2. The topological polar surface area (TPSA) is 221 Å². The molecule has 0 saturated heterocycles. The van der Waals surface area contributed by atoms with Gasteiger partial charge in [-0.15, -0.1) is 0 Å². The van der Waals surface area contributed by atoms with Crippen LogP contribution in [0.15, 0.2) is 81.4 Å². The Bertz CT molecular complexity index is 2260. The van der Waals surface area contributed by atoms with Crippen LogP contribution in [0.3, 0.4) is 0 Å². The molecule has 0 bridgehead atoms. The van der Waals surface area contributed by atoms with Gasteiger partial charge in [0.15, 0.2) is 11.6 Å². The summed E-state index contributed by atoms with van der Waals surface area (Å²) in [7, 11) is -14.3. The van der Waals surface area contributed by atoms with E-state index in [-0.39, 0.29) is 45.0 Å². The number of aryl methyl sites for hydroxylation is 2. The highest BCUT2D eigenvalue weighted by Crippen LogP contribution is 2.40. The molecule has 0 radical (unpaired) electrons. The second kappa shape index (κ2) is 10.6. The highest BCUT2D eigenvalue weighted by atomic mass is 32.2. The minimum Gasteiger partial charge on any atom is -0.354 e. The van der Waals surface area contributed by atoms with E-state index in [1.54, 1.807) is 13.8 Å². The summed E-state index contributed by atoms with van der Waals surface area (Å²) in [6, 6.07) is 13.5. The molecule has 0 spiro atoms. The third-order valence-electron chi connectivity index (χ3n) is 6.81. The number of benzene rings is 4. The lowest BCUT2D eigenvalue weighted by Crippen LogP contribution is -2.24. The quantitative estimate of drug-likeness (QED) is 0.154. The number of hydrogen-bond donors (Lipinski definition) is 5. The highest BCUT2D eigenvalue weighted by molar-refractivity contribution is 7.86. The first-order valence-electron chi connectivity index (χ1n) is 12.4. The van der Waals surface area contributed by atoms with E-state index in [4.69, 9.17) is 0 Å². The Morgan fingerprint density at radius 2 is 0.909 bits per heavy atom. The predicted octanol–water partition coefficient (Wildman–Crippen LogP) is 4.31. The van der Waals surface area contributed by atoms with Gasteiger partial charge in [0.1, 0.15) is 9.79 Å². The highest BCUT2D eigenvalue weighted by Gasteiger charge is 2.36. The fourth-order valence-corrected chi connectivity index (χ4v) is 6.77. The first-order chi connectivity index (χ1) is 20.4. The van der Waals surface area contributed by atoms with Gasteiger partial charge in [0, 0.05) is 11.1 Å². The van der Waals surface area contributed by atoms with E-state index in [0.29, 0.717) is 11.1 Å². The largest absolute Gasteiger partial charge is 0.354 e. The molecule has 0 heterocycles. The lowest BCUT2D eigenvalue weighted by Gasteiger charge is -2.25. The molecule has 16 heteroatoms. The Hall–Kier alpha value is -4.45. The number of rotatable bonds is 7. The van der Waals surface area contributed by atoms with Crippen molar-refractivity contribution in [1.82, 2.24) is 0 Å². The Labute approximate surface area is 251 Å². The Morgan fingerprint density at radius 3 is 1.32 bits per heavy atom. The van der Waals surface area contributed by atoms with E-state index < -0.39 is 56.6 Å². The Kier molecular flexibility index (Phi) is 7.48. The standard InChI is InChI=1S/C28H22N2O11S3/c1-14-3-7-19(23(11-14)43(36,37)38)29-21-9-10-22(30-20-8-4-15(2)12-24(20)44(39,40)41)26-25(21)27(31)17-6-5-16(42(33,34)35)13-18(17)28(26)32/h3-13,29-30H,1-2H3,(H,33,34,35)(H,36,37,38)(H,39,40,41). The number of hydrogen-bond acceptors (Lipinski definition) is 10. The second-order valence-electron chi connectivity index (χ2n) is 9.95. The number of fused-ring (bicyclic) bond motifs is 2. The second-order valence-corrected chi connectivity index (χ2v) is 14.2. The molecule has 4 aromatic rings. The number of nitrogens with one attached hydrogen (secondary N) is 2. The summed E-state index contributed by atoms with van der Waals surface area (Å²) in [5, 5.41) is 5.53. The molecular formula is C28H22N2O11S3. The average Bonchev–Trinajstić information content (AvgIpc) is 2.92. The first kappa shape index (κ1) is 31.0. The molecule has 5 N–H and O–H groups in total. The van der Waals surface area contributed by atoms with Crippen molar-refractivity contribution in [2.24, 2.45) is 0 Å². The van der Waals surface area contributed by atoms with Crippen LogP contribution in [-0.2, 0) is 30.4 Å². The van der Waals surface area contributed by atoms with Gasteiger partial charge in [-0.25, -0.2) is 0 Å². The lowest BCUT2D eigenvalue weighted by molar-refractivity contribution is 0.0980. The van der Waals surface area contributed by atoms with Gasteiger partial charge < -0.3 is 10.6 Å². The summed E-state index contributed by atoms with van der Waals surface area (Å²) in [5.74, 6) is -1.70. The molecule has 0 amide bonds. The van der Waals surface area contributed by atoms with Gasteiger partial charge >= 0.3 is 0 Å². The zero-order valence-electron chi connectivity index (χ0n) is 22.7. The van der Waals surface area contributed by atoms with Gasteiger partial charge in [-0.05, 0) is 79.6 Å². The van der Waals surface area contributed by atoms with Crippen LogP contribution in [0.2, 0.25) is 0 Å². The predicted molar refractivity (Wildman–Crippen MR) is 158 cm³/mol. The maximum atomic E-state index is 14.0. The summed E-state index contributed by atoms with van der Waals surface area (Å²) < 4.78 is 101. The van der Waals surface area contributed by atoms with Crippen molar-refractivity contribution in [2.45, 2.75) is 28.5 Å². The van der Waals surface area contributed by atoms with Crippen molar-refractivity contribution >= 4 is 64.7 Å². The summed E-state index contributed by atoms with van der Waals surface area (Å²) in [5.41, 5.74) is -0.805. The number of carbonyl (C=O) groups excluding carboxylic acids is 2. The SMILES string of the molecule is Cc1ccc(Nc2ccc(Nc3ccc(C)cc3S(=O)(=O)O)c3c2C(=O)c2ccc(S(=O)(=O)O)cc2C3=O)c(S(=O)(=O)O)c1. The minimum atomic E-state index is -4.78. The fourth-order valence-electron chi connectivity index (χ4n) is 4.80. The summed E-state index contributed by atoms with van der Waals surface area (Å²) in [6.45, 7) is 3.17. The van der Waals surface area contributed by atoms with Crippen LogP contribution < -0.4 is 10.6 Å². The molecule has 0 aliphatic heterocycles. The van der Waals surface area contributed by atoms with Crippen LogP contribution in [0.1, 0.15) is 43.0 Å². The van der Waals surface area contributed by atoms with E-state index >= 15 is 0 Å². The molecule has 0 unspecified atom stereocenters. The summed E-state index contributed by atoms with van der Waals surface area (Å²) in [6.07, 6.45) is 0. The molecule has 0 fully saturated rings. The summed E-state index contributed by atoms with van der Waals surface area (Å²) in [4.78, 5) is 26.2. The maximum absolute atomic E-state index is 14.0. The maximum Gasteiger partial charge on any atom is 0.296 e. The van der Waals surface area contributed by atoms with E-state index in [2.05, 4.69) is 10.6 Å². The van der Waals surface area contributed by atoms with E-state index in [0.717, 1.165) is 18.2 Å². The van der Waals surface area contributed by atoms with Crippen molar-refractivity contribution in [3.8, 4) is 0 Å². The van der Waals surface area contributed by atoms with Crippen LogP contribution in [-0.4, -0.2) is 50.5 Å². The molecular weight excluding hydrogens is 637 g/mol. The van der Waals surface area contributed by atoms with Gasteiger partial charge in [-0.1, -0.05) is 12.1 Å². The molecule has 13 nitrogen and oxygen atoms in total. The fraction of sp³-hybridized carbons (Fsp3) is 0.0714. The molecule has 0 saturated carbocycles. The monoisotopic (exact) mass is 658 g/mol. The van der Waals surface area contributed by atoms with Crippen molar-refractivity contribution in [2.75, 3.05) is 10.6 Å². The Balaban J connectivity index is 1.77. The number of carbonyl (C=O) groups is 2. The van der Waals surface area contributed by atoms with Crippen molar-refractivity contribution in [3.05, 3.63) is 100 Å². The minimum absolute atomic E-state index is 0.0823. The number of anilines is 4. The molecule has 228 valence electrons. The van der Waals surface area contributed by atoms with Crippen molar-refractivity contribution < 1.29 is 48.5 Å². The lowest BCUT2D eigenvalue weighted by atomic mass is 9.82. The molecule has 0 atom stereocenters. The zero-order valence-corrected chi connectivity index (χ0v) is 25.1. The van der Waals surface area contributed by atoms with Gasteiger partial charge in [0.05, 0.1) is 38.8 Å². The molecule has 44 heavy (non-hydrogen) atoms. The van der Waals surface area contributed by atoms with Crippen molar-refractivity contribution in [1.29, 1.82) is 0 Å². The first-order valence-corrected chi connectivity index (χ1v) is 16.8. The van der Waals surface area contributed by atoms with Crippen molar-refractivity contribution in [3.63, 3.8) is 0 Å². The van der Waals surface area contributed by atoms with Crippen LogP contribution in [0.5, 0.6) is 0 Å². The van der Waals surface area contributed by atoms with Gasteiger partial charge in [-0.3, -0.25) is 23.2 Å². The van der Waals surface area contributed by atoms with E-state index in [1.807, 2.05) is 0 Å².